The molecule has 1 fully saturated rings. The van der Waals surface area contributed by atoms with Crippen molar-refractivity contribution in [3.05, 3.63) is 36.0 Å². The lowest BCUT2D eigenvalue weighted by molar-refractivity contribution is 0.557. The number of pyridine rings is 1. The minimum absolute atomic E-state index is 0.435. The van der Waals surface area contributed by atoms with Gasteiger partial charge in [0.1, 0.15) is 4.99 Å². The van der Waals surface area contributed by atoms with Crippen LogP contribution in [0.25, 0.3) is 10.9 Å². The molecule has 3 nitrogen and oxygen atoms in total. The molecule has 0 spiro atoms. The third kappa shape index (κ3) is 3.00. The van der Waals surface area contributed by atoms with Crippen molar-refractivity contribution in [1.82, 2.24) is 4.98 Å². The first-order valence-corrected chi connectivity index (χ1v) is 8.10. The highest BCUT2D eigenvalue weighted by atomic mass is 32.1. The summed E-state index contributed by atoms with van der Waals surface area (Å²) in [7, 11) is 0. The van der Waals surface area contributed by atoms with E-state index in [0.29, 0.717) is 4.99 Å². The molecule has 0 bridgehead atoms. The Kier molecular flexibility index (Phi) is 4.34. The van der Waals surface area contributed by atoms with Crippen molar-refractivity contribution < 1.29 is 0 Å². The quantitative estimate of drug-likeness (QED) is 0.860. The topological polar surface area (TPSA) is 42.1 Å². The molecule has 2 N–H and O–H groups in total. The fourth-order valence-electron chi connectivity index (χ4n) is 3.12. The van der Waals surface area contributed by atoms with Gasteiger partial charge < -0.3 is 10.6 Å². The molecule has 3 rings (SSSR count). The summed E-state index contributed by atoms with van der Waals surface area (Å²) >= 11 is 5.25. The average molecular weight is 299 g/mol. The van der Waals surface area contributed by atoms with Gasteiger partial charge in [-0.25, -0.2) is 0 Å². The Morgan fingerprint density at radius 3 is 2.43 bits per heavy atom. The first-order valence-electron chi connectivity index (χ1n) is 7.70. The van der Waals surface area contributed by atoms with Gasteiger partial charge in [-0.15, -0.1) is 0 Å². The number of hydrogen-bond donors (Lipinski definition) is 1. The molecule has 21 heavy (non-hydrogen) atoms. The van der Waals surface area contributed by atoms with Crippen LogP contribution in [0.3, 0.4) is 0 Å². The van der Waals surface area contributed by atoms with Gasteiger partial charge in [0.25, 0.3) is 0 Å². The molecule has 0 saturated carbocycles. The van der Waals surface area contributed by atoms with Crippen molar-refractivity contribution in [2.45, 2.75) is 32.1 Å². The Labute approximate surface area is 131 Å². The summed E-state index contributed by atoms with van der Waals surface area (Å²) in [4.78, 5) is 7.40. The average Bonchev–Trinajstić information content (AvgIpc) is 2.46. The zero-order valence-electron chi connectivity index (χ0n) is 12.2. The molecule has 0 unspecified atom stereocenters. The fourth-order valence-corrected chi connectivity index (χ4v) is 3.27. The first-order chi connectivity index (χ1) is 10.3. The highest BCUT2D eigenvalue weighted by Gasteiger charge is 2.18. The molecule has 110 valence electrons. The van der Waals surface area contributed by atoms with E-state index in [-0.39, 0.29) is 0 Å². The highest BCUT2D eigenvalue weighted by Crippen LogP contribution is 2.31. The number of fused-ring (bicyclic) bond motifs is 1. The van der Waals surface area contributed by atoms with Crippen LogP contribution in [0.4, 0.5) is 5.69 Å². The van der Waals surface area contributed by atoms with E-state index in [0.717, 1.165) is 29.6 Å². The van der Waals surface area contributed by atoms with Crippen LogP contribution in [0.15, 0.2) is 30.5 Å². The van der Waals surface area contributed by atoms with Gasteiger partial charge in [-0.05, 0) is 18.9 Å². The minimum Gasteiger partial charge on any atom is -0.389 e. The molecule has 1 aliphatic rings. The Balaban J connectivity index is 2.12. The van der Waals surface area contributed by atoms with Crippen LogP contribution in [0.2, 0.25) is 0 Å². The molecule has 0 aliphatic carbocycles. The maximum Gasteiger partial charge on any atom is 0.107 e. The maximum absolute atomic E-state index is 5.95. The van der Waals surface area contributed by atoms with E-state index < -0.39 is 0 Å². The molecule has 0 radical (unpaired) electrons. The Bertz CT molecular complexity index is 646. The number of rotatable bonds is 2. The van der Waals surface area contributed by atoms with E-state index in [9.17, 15) is 0 Å². The van der Waals surface area contributed by atoms with Crippen LogP contribution in [-0.2, 0) is 0 Å². The van der Waals surface area contributed by atoms with Crippen molar-refractivity contribution >= 4 is 33.8 Å². The van der Waals surface area contributed by atoms with Gasteiger partial charge in [-0.2, -0.15) is 0 Å². The summed E-state index contributed by atoms with van der Waals surface area (Å²) in [5.74, 6) is 0. The van der Waals surface area contributed by atoms with E-state index in [1.165, 1.54) is 37.8 Å². The normalized spacial score (nSPS) is 16.5. The van der Waals surface area contributed by atoms with Crippen molar-refractivity contribution in [1.29, 1.82) is 0 Å². The van der Waals surface area contributed by atoms with E-state index in [4.69, 9.17) is 18.0 Å². The maximum atomic E-state index is 5.95. The molecule has 1 aliphatic heterocycles. The van der Waals surface area contributed by atoms with Gasteiger partial charge >= 0.3 is 0 Å². The van der Waals surface area contributed by atoms with Crippen molar-refractivity contribution in [3.8, 4) is 0 Å². The Morgan fingerprint density at radius 2 is 1.71 bits per heavy atom. The van der Waals surface area contributed by atoms with Gasteiger partial charge in [0, 0.05) is 24.7 Å². The third-order valence-corrected chi connectivity index (χ3v) is 4.40. The van der Waals surface area contributed by atoms with Crippen LogP contribution < -0.4 is 10.6 Å². The molecule has 1 saturated heterocycles. The molecule has 1 aromatic heterocycles. The summed E-state index contributed by atoms with van der Waals surface area (Å²) in [6.45, 7) is 2.15. The lowest BCUT2D eigenvalue weighted by Crippen LogP contribution is -2.29. The van der Waals surface area contributed by atoms with Crippen molar-refractivity contribution in [2.24, 2.45) is 5.73 Å². The minimum atomic E-state index is 0.435. The molecule has 0 atom stereocenters. The summed E-state index contributed by atoms with van der Waals surface area (Å²) in [6.07, 6.45) is 8.26. The molecule has 2 aromatic rings. The van der Waals surface area contributed by atoms with E-state index >= 15 is 0 Å². The number of benzene rings is 1. The summed E-state index contributed by atoms with van der Waals surface area (Å²) in [6, 6.07) is 8.25. The van der Waals surface area contributed by atoms with Crippen molar-refractivity contribution in [2.75, 3.05) is 18.0 Å². The predicted octanol–water partition coefficient (Wildman–Crippen LogP) is 3.64. The molecule has 4 heteroatoms. The van der Waals surface area contributed by atoms with Gasteiger partial charge in [0.05, 0.1) is 16.8 Å². The lowest BCUT2D eigenvalue weighted by atomic mass is 10.0. The number of para-hydroxylation sites is 1. The Morgan fingerprint density at radius 1 is 1.05 bits per heavy atom. The summed E-state index contributed by atoms with van der Waals surface area (Å²) < 4.78 is 0. The second kappa shape index (κ2) is 6.39. The second-order valence-electron chi connectivity index (χ2n) is 5.66. The second-order valence-corrected chi connectivity index (χ2v) is 6.10. The Hall–Kier alpha value is -1.68. The molecule has 0 amide bonds. The number of hydrogen-bond acceptors (Lipinski definition) is 3. The molecular weight excluding hydrogens is 278 g/mol. The molecule has 1 aromatic carbocycles. The van der Waals surface area contributed by atoms with Gasteiger partial charge in [0.2, 0.25) is 0 Å². The van der Waals surface area contributed by atoms with Crippen molar-refractivity contribution in [3.63, 3.8) is 0 Å². The number of nitrogens with zero attached hydrogens (tertiary/aromatic N) is 2. The van der Waals surface area contributed by atoms with Crippen LogP contribution >= 0.6 is 12.2 Å². The monoisotopic (exact) mass is 299 g/mol. The number of aromatic nitrogens is 1. The third-order valence-electron chi connectivity index (χ3n) is 4.18. The van der Waals surface area contributed by atoms with Gasteiger partial charge in [-0.3, -0.25) is 4.98 Å². The van der Waals surface area contributed by atoms with E-state index in [1.54, 1.807) is 0 Å². The highest BCUT2D eigenvalue weighted by molar-refractivity contribution is 7.80. The standard InChI is InChI=1S/C17H21N3S/c18-17(21)14-12-19-15-9-5-4-8-13(15)16(14)20-10-6-2-1-3-7-11-20/h4-5,8-9,12H,1-3,6-7,10-11H2,(H2,18,21). The van der Waals surface area contributed by atoms with E-state index in [1.807, 2.05) is 18.3 Å². The number of anilines is 1. The zero-order valence-corrected chi connectivity index (χ0v) is 13.0. The van der Waals surface area contributed by atoms with Crippen LogP contribution in [0, 0.1) is 0 Å². The lowest BCUT2D eigenvalue weighted by Gasteiger charge is -2.29. The largest absolute Gasteiger partial charge is 0.389 e. The zero-order chi connectivity index (χ0) is 14.7. The van der Waals surface area contributed by atoms with Crippen LogP contribution in [-0.4, -0.2) is 23.1 Å². The van der Waals surface area contributed by atoms with Gasteiger partial charge in [-0.1, -0.05) is 49.7 Å². The fraction of sp³-hybridized carbons (Fsp3) is 0.412. The predicted molar refractivity (Wildman–Crippen MR) is 92.9 cm³/mol. The number of nitrogens with two attached hydrogens (primary N) is 1. The van der Waals surface area contributed by atoms with Gasteiger partial charge in [0.15, 0.2) is 0 Å². The number of thiocarbonyl (C=S) groups is 1. The van der Waals surface area contributed by atoms with E-state index in [2.05, 4.69) is 22.0 Å². The van der Waals surface area contributed by atoms with Crippen LogP contribution in [0.1, 0.15) is 37.7 Å². The van der Waals surface area contributed by atoms with Crippen LogP contribution in [0.5, 0.6) is 0 Å². The first kappa shape index (κ1) is 14.3. The molecular formula is C17H21N3S. The summed E-state index contributed by atoms with van der Waals surface area (Å²) in [5, 5.41) is 1.16. The smallest absolute Gasteiger partial charge is 0.107 e. The SMILES string of the molecule is NC(=S)c1cnc2ccccc2c1N1CCCCCCC1. The summed E-state index contributed by atoms with van der Waals surface area (Å²) in [5.41, 5.74) is 9.04. The molecule has 2 heterocycles.